The third kappa shape index (κ3) is 3.39. The Hall–Kier alpha value is -0.850. The van der Waals surface area contributed by atoms with Crippen molar-refractivity contribution in [3.05, 3.63) is 24.3 Å². The molecule has 0 saturated carbocycles. The summed E-state index contributed by atoms with van der Waals surface area (Å²) in [4.78, 5) is 13.2. The second-order valence-electron chi connectivity index (χ2n) is 8.78. The number of hydrogen-bond donors (Lipinski definition) is 0. The Balaban J connectivity index is 2.15. The van der Waals surface area contributed by atoms with Crippen LogP contribution in [0.25, 0.3) is 0 Å². The molecule has 0 bridgehead atoms. The van der Waals surface area contributed by atoms with Gasteiger partial charge in [0.05, 0.1) is 0 Å². The van der Waals surface area contributed by atoms with Crippen molar-refractivity contribution in [3.63, 3.8) is 0 Å². The monoisotopic (exact) mass is 302 g/mol. The molecular weight excluding hydrogens is 268 g/mol. The van der Waals surface area contributed by atoms with Gasteiger partial charge in [-0.15, -0.1) is 0 Å². The van der Waals surface area contributed by atoms with E-state index in [2.05, 4.69) is 65.8 Å². The molecular formula is C21H34O. The van der Waals surface area contributed by atoms with Gasteiger partial charge < -0.3 is 0 Å². The standard InChI is InChI=1S/C21H34O/c1-15(2)17-7-11-20(5,12-8-17)19(22)21(6)13-9-18(10-14-21)16(3)4/h7,9,11,13,15-18H,8,10,12,14H2,1-6H3. The van der Waals surface area contributed by atoms with Crippen LogP contribution in [0.3, 0.4) is 0 Å². The average Bonchev–Trinajstić information content (AvgIpc) is 2.47. The molecule has 0 amide bonds. The number of rotatable bonds is 4. The molecule has 0 spiro atoms. The first-order valence-electron chi connectivity index (χ1n) is 9.11. The van der Waals surface area contributed by atoms with E-state index in [1.165, 1.54) is 0 Å². The molecule has 2 aliphatic rings. The number of carbonyl (C=O) groups is 1. The van der Waals surface area contributed by atoms with Crippen molar-refractivity contribution >= 4 is 5.78 Å². The molecule has 0 aromatic carbocycles. The van der Waals surface area contributed by atoms with Gasteiger partial charge in [-0.25, -0.2) is 0 Å². The topological polar surface area (TPSA) is 17.1 Å². The lowest BCUT2D eigenvalue weighted by Crippen LogP contribution is -2.41. The summed E-state index contributed by atoms with van der Waals surface area (Å²) >= 11 is 0. The minimum Gasteiger partial charge on any atom is -0.298 e. The van der Waals surface area contributed by atoms with E-state index in [0.29, 0.717) is 29.5 Å². The molecule has 0 heterocycles. The summed E-state index contributed by atoms with van der Waals surface area (Å²) in [6.07, 6.45) is 13.3. The Morgan fingerprint density at radius 2 is 1.23 bits per heavy atom. The Kier molecular flexibility index (Phi) is 5.04. The average molecular weight is 303 g/mol. The quantitative estimate of drug-likeness (QED) is 0.599. The highest BCUT2D eigenvalue weighted by Gasteiger charge is 2.44. The lowest BCUT2D eigenvalue weighted by Gasteiger charge is -2.40. The van der Waals surface area contributed by atoms with Crippen LogP contribution in [0.2, 0.25) is 0 Å². The molecule has 4 unspecified atom stereocenters. The maximum absolute atomic E-state index is 13.2. The van der Waals surface area contributed by atoms with Gasteiger partial charge in [0, 0.05) is 10.8 Å². The Bertz CT molecular complexity index is 428. The number of carbonyl (C=O) groups excluding carboxylic acids is 1. The van der Waals surface area contributed by atoms with E-state index in [-0.39, 0.29) is 10.8 Å². The molecule has 4 atom stereocenters. The SMILES string of the molecule is CC(C)C1C=CC(C)(C(=O)C2(C)C=CC(C(C)C)CC2)CC1. The second-order valence-corrected chi connectivity index (χ2v) is 8.78. The fraction of sp³-hybridized carbons (Fsp3) is 0.762. The lowest BCUT2D eigenvalue weighted by atomic mass is 9.62. The third-order valence-electron chi connectivity index (χ3n) is 6.17. The van der Waals surface area contributed by atoms with E-state index >= 15 is 0 Å². The number of hydrogen-bond acceptors (Lipinski definition) is 1. The van der Waals surface area contributed by atoms with Crippen LogP contribution < -0.4 is 0 Å². The van der Waals surface area contributed by atoms with Crippen molar-refractivity contribution in [2.45, 2.75) is 67.2 Å². The van der Waals surface area contributed by atoms with Crippen LogP contribution in [0.1, 0.15) is 67.2 Å². The van der Waals surface area contributed by atoms with Crippen LogP contribution >= 0.6 is 0 Å². The van der Waals surface area contributed by atoms with E-state index in [4.69, 9.17) is 0 Å². The van der Waals surface area contributed by atoms with E-state index < -0.39 is 0 Å². The third-order valence-corrected chi connectivity index (χ3v) is 6.17. The summed E-state index contributed by atoms with van der Waals surface area (Å²) in [5.74, 6) is 3.06. The fourth-order valence-electron chi connectivity index (χ4n) is 4.11. The normalized spacial score (nSPS) is 38.7. The van der Waals surface area contributed by atoms with Gasteiger partial charge >= 0.3 is 0 Å². The van der Waals surface area contributed by atoms with Crippen LogP contribution in [-0.4, -0.2) is 5.78 Å². The van der Waals surface area contributed by atoms with Crippen molar-refractivity contribution < 1.29 is 4.79 Å². The van der Waals surface area contributed by atoms with Gasteiger partial charge in [-0.3, -0.25) is 4.79 Å². The highest BCUT2D eigenvalue weighted by molar-refractivity contribution is 5.93. The zero-order valence-electron chi connectivity index (χ0n) is 15.4. The molecule has 0 aromatic rings. The van der Waals surface area contributed by atoms with E-state index in [1.807, 2.05) is 0 Å². The Labute approximate surface area is 137 Å². The van der Waals surface area contributed by atoms with Crippen molar-refractivity contribution in [2.24, 2.45) is 34.5 Å². The molecule has 124 valence electrons. The summed E-state index contributed by atoms with van der Waals surface area (Å²) in [6, 6.07) is 0. The van der Waals surface area contributed by atoms with Gasteiger partial charge in [-0.1, -0.05) is 52.0 Å². The molecule has 0 saturated heterocycles. The first-order chi connectivity index (χ1) is 10.2. The van der Waals surface area contributed by atoms with E-state index in [0.717, 1.165) is 25.7 Å². The largest absolute Gasteiger partial charge is 0.298 e. The van der Waals surface area contributed by atoms with Crippen molar-refractivity contribution in [1.82, 2.24) is 0 Å². The van der Waals surface area contributed by atoms with Gasteiger partial charge in [-0.2, -0.15) is 0 Å². The Morgan fingerprint density at radius 3 is 1.45 bits per heavy atom. The molecule has 0 aliphatic heterocycles. The molecule has 0 fully saturated rings. The minimum atomic E-state index is -0.269. The van der Waals surface area contributed by atoms with E-state index in [1.54, 1.807) is 0 Å². The fourth-order valence-corrected chi connectivity index (χ4v) is 4.11. The smallest absolute Gasteiger partial charge is 0.152 e. The van der Waals surface area contributed by atoms with Crippen molar-refractivity contribution in [3.8, 4) is 0 Å². The zero-order valence-corrected chi connectivity index (χ0v) is 15.4. The maximum Gasteiger partial charge on any atom is 0.152 e. The van der Waals surface area contributed by atoms with Gasteiger partial charge in [0.2, 0.25) is 0 Å². The van der Waals surface area contributed by atoms with Crippen LogP contribution in [0.15, 0.2) is 24.3 Å². The molecule has 2 rings (SSSR count). The molecule has 2 aliphatic carbocycles. The zero-order chi connectivity index (χ0) is 16.5. The summed E-state index contributed by atoms with van der Waals surface area (Å²) < 4.78 is 0. The first kappa shape index (κ1) is 17.5. The summed E-state index contributed by atoms with van der Waals surface area (Å²) in [6.45, 7) is 13.4. The summed E-state index contributed by atoms with van der Waals surface area (Å²) in [7, 11) is 0. The highest BCUT2D eigenvalue weighted by atomic mass is 16.1. The second kappa shape index (κ2) is 6.34. The Morgan fingerprint density at radius 1 is 0.864 bits per heavy atom. The van der Waals surface area contributed by atoms with Gasteiger partial charge in [0.15, 0.2) is 5.78 Å². The number of ketones is 1. The van der Waals surface area contributed by atoms with Crippen molar-refractivity contribution in [2.75, 3.05) is 0 Å². The summed E-state index contributed by atoms with van der Waals surface area (Å²) in [5.41, 5.74) is -0.537. The maximum atomic E-state index is 13.2. The number of Topliss-reactive ketones (excluding diaryl/α,β-unsaturated/α-hetero) is 1. The molecule has 1 nitrogen and oxygen atoms in total. The minimum absolute atomic E-state index is 0.269. The van der Waals surface area contributed by atoms with Crippen LogP contribution in [-0.2, 0) is 4.79 Å². The molecule has 1 heteroatoms. The predicted molar refractivity (Wildman–Crippen MR) is 94.6 cm³/mol. The van der Waals surface area contributed by atoms with Crippen molar-refractivity contribution in [1.29, 1.82) is 0 Å². The molecule has 0 radical (unpaired) electrons. The van der Waals surface area contributed by atoms with Gasteiger partial charge in [0.25, 0.3) is 0 Å². The predicted octanol–water partition coefficient (Wildman–Crippen LogP) is 5.81. The van der Waals surface area contributed by atoms with Gasteiger partial charge in [-0.05, 0) is 63.2 Å². The molecule has 0 N–H and O–H groups in total. The number of allylic oxidation sites excluding steroid dienone is 4. The molecule has 0 aromatic heterocycles. The first-order valence-corrected chi connectivity index (χ1v) is 9.11. The van der Waals surface area contributed by atoms with Crippen LogP contribution in [0, 0.1) is 34.5 Å². The summed E-state index contributed by atoms with van der Waals surface area (Å²) in [5, 5.41) is 0. The van der Waals surface area contributed by atoms with Gasteiger partial charge in [0.1, 0.15) is 0 Å². The molecule has 22 heavy (non-hydrogen) atoms. The van der Waals surface area contributed by atoms with Crippen LogP contribution in [0.4, 0.5) is 0 Å². The highest BCUT2D eigenvalue weighted by Crippen LogP contribution is 2.45. The van der Waals surface area contributed by atoms with E-state index in [9.17, 15) is 4.79 Å². The lowest BCUT2D eigenvalue weighted by molar-refractivity contribution is -0.134. The van der Waals surface area contributed by atoms with Crippen LogP contribution in [0.5, 0.6) is 0 Å².